The topological polar surface area (TPSA) is 101 Å². The third-order valence-electron chi connectivity index (χ3n) is 8.53. The number of cyclic esters (lactones) is 1. The highest BCUT2D eigenvalue weighted by atomic mass is 16.6. The molecule has 0 amide bonds. The normalized spacial score (nSPS) is 20.5. The molecule has 1 fully saturated rings. The maximum Gasteiger partial charge on any atom is 0.378 e. The molecule has 0 radical (unpaired) electrons. The summed E-state index contributed by atoms with van der Waals surface area (Å²) in [5.41, 5.74) is 1.75. The van der Waals surface area contributed by atoms with Crippen molar-refractivity contribution in [3.05, 3.63) is 83.3 Å². The van der Waals surface area contributed by atoms with Crippen molar-refractivity contribution in [2.75, 3.05) is 13.2 Å². The Bertz CT molecular complexity index is 1170. The Hall–Kier alpha value is -3.36. The summed E-state index contributed by atoms with van der Waals surface area (Å²) in [5, 5.41) is 10.9. The molecule has 246 valence electrons. The van der Waals surface area contributed by atoms with Crippen LogP contribution in [0.2, 0.25) is 0 Å². The maximum absolute atomic E-state index is 12.8. The molecule has 2 aliphatic rings. The molecule has 1 saturated carbocycles. The molecule has 1 heterocycles. The van der Waals surface area contributed by atoms with E-state index in [0.29, 0.717) is 12.0 Å². The van der Waals surface area contributed by atoms with Crippen LogP contribution in [0.15, 0.2) is 72.2 Å². The maximum atomic E-state index is 12.8. The highest BCUT2D eigenvalue weighted by Crippen LogP contribution is 2.31. The first-order chi connectivity index (χ1) is 22.0. The van der Waals surface area contributed by atoms with E-state index < -0.39 is 18.2 Å². The summed E-state index contributed by atoms with van der Waals surface area (Å²) in [4.78, 5) is 25.4. The van der Waals surface area contributed by atoms with E-state index in [1.807, 2.05) is 60.7 Å². The molecule has 8 heteroatoms. The first kappa shape index (κ1) is 34.5. The van der Waals surface area contributed by atoms with Crippen molar-refractivity contribution in [3.8, 4) is 0 Å². The zero-order valence-electron chi connectivity index (χ0n) is 26.7. The third kappa shape index (κ3) is 11.8. The number of carbonyl (C=O) groups excluding carboxylic acids is 2. The number of ether oxygens (including phenoxy) is 5. The van der Waals surface area contributed by atoms with Gasteiger partial charge in [0.25, 0.3) is 0 Å². The molecular formula is C37H50O8. The van der Waals surface area contributed by atoms with Crippen molar-refractivity contribution in [1.29, 1.82) is 0 Å². The second-order valence-electron chi connectivity index (χ2n) is 12.1. The molecule has 0 saturated heterocycles. The highest BCUT2D eigenvalue weighted by Gasteiger charge is 2.42. The van der Waals surface area contributed by atoms with E-state index in [4.69, 9.17) is 23.7 Å². The Kier molecular flexibility index (Phi) is 14.7. The number of unbranched alkanes of at least 4 members (excludes halogenated alkanes) is 5. The minimum absolute atomic E-state index is 0.0864. The van der Waals surface area contributed by atoms with Gasteiger partial charge in [0.2, 0.25) is 5.76 Å². The van der Waals surface area contributed by atoms with E-state index in [0.717, 1.165) is 56.3 Å². The number of aliphatic hydroxyl groups is 1. The van der Waals surface area contributed by atoms with E-state index >= 15 is 0 Å². The fourth-order valence-corrected chi connectivity index (χ4v) is 5.83. The minimum Gasteiger partial charge on any atom is -0.485 e. The average Bonchev–Trinajstić information content (AvgIpc) is 3.39. The van der Waals surface area contributed by atoms with Crippen LogP contribution in [0.5, 0.6) is 0 Å². The van der Waals surface area contributed by atoms with Crippen molar-refractivity contribution in [2.24, 2.45) is 5.92 Å². The Morgan fingerprint density at radius 1 is 0.867 bits per heavy atom. The van der Waals surface area contributed by atoms with Crippen LogP contribution < -0.4 is 0 Å². The van der Waals surface area contributed by atoms with E-state index in [1.165, 1.54) is 32.1 Å². The van der Waals surface area contributed by atoms with E-state index in [1.54, 1.807) is 0 Å². The SMILES string of the molecule is CCCCCCCCOC1CCC(CCC(=O)OCC(O)C2OC(=O)C(OCc3ccccc3)=C2OCc2ccccc2)CC1. The number of hydrogen-bond acceptors (Lipinski definition) is 8. The number of aliphatic hydroxyl groups excluding tert-OH is 1. The first-order valence-corrected chi connectivity index (χ1v) is 16.8. The second kappa shape index (κ2) is 19.2. The number of rotatable bonds is 20. The fraction of sp³-hybridized carbons (Fsp3) is 0.568. The molecule has 45 heavy (non-hydrogen) atoms. The van der Waals surface area contributed by atoms with Gasteiger partial charge in [0.15, 0.2) is 11.9 Å². The molecule has 2 atom stereocenters. The molecule has 2 aromatic carbocycles. The van der Waals surface area contributed by atoms with E-state index in [-0.39, 0.29) is 43.7 Å². The van der Waals surface area contributed by atoms with Gasteiger partial charge in [-0.3, -0.25) is 4.79 Å². The Balaban J connectivity index is 1.20. The quantitative estimate of drug-likeness (QED) is 0.122. The minimum atomic E-state index is -1.30. The second-order valence-corrected chi connectivity index (χ2v) is 12.1. The van der Waals surface area contributed by atoms with Crippen molar-refractivity contribution in [3.63, 3.8) is 0 Å². The molecule has 2 aromatic rings. The van der Waals surface area contributed by atoms with Gasteiger partial charge in [-0.2, -0.15) is 0 Å². The van der Waals surface area contributed by atoms with Crippen LogP contribution in [-0.4, -0.2) is 48.6 Å². The predicted molar refractivity (Wildman–Crippen MR) is 171 cm³/mol. The van der Waals surface area contributed by atoms with E-state index in [2.05, 4.69) is 6.92 Å². The van der Waals surface area contributed by atoms with Gasteiger partial charge >= 0.3 is 11.9 Å². The monoisotopic (exact) mass is 622 g/mol. The lowest BCUT2D eigenvalue weighted by Gasteiger charge is -2.28. The zero-order chi connectivity index (χ0) is 31.7. The molecule has 1 aliphatic heterocycles. The lowest BCUT2D eigenvalue weighted by molar-refractivity contribution is -0.155. The predicted octanol–water partition coefficient (Wildman–Crippen LogP) is 7.18. The van der Waals surface area contributed by atoms with Crippen LogP contribution in [-0.2, 0) is 46.5 Å². The van der Waals surface area contributed by atoms with Crippen LogP contribution in [0.3, 0.4) is 0 Å². The summed E-state index contributed by atoms with van der Waals surface area (Å²) in [6.45, 7) is 3.05. The van der Waals surface area contributed by atoms with Gasteiger partial charge in [0, 0.05) is 13.0 Å². The number of hydrogen-bond donors (Lipinski definition) is 1. The summed E-state index contributed by atoms with van der Waals surface area (Å²) in [6.07, 6.45) is 10.7. The lowest BCUT2D eigenvalue weighted by Crippen LogP contribution is -2.34. The van der Waals surface area contributed by atoms with Crippen molar-refractivity contribution < 1.29 is 38.4 Å². The van der Waals surface area contributed by atoms with Gasteiger partial charge in [-0.1, -0.05) is 99.7 Å². The van der Waals surface area contributed by atoms with Crippen LogP contribution in [0.4, 0.5) is 0 Å². The molecule has 1 aliphatic carbocycles. The smallest absolute Gasteiger partial charge is 0.378 e. The van der Waals surface area contributed by atoms with Crippen molar-refractivity contribution >= 4 is 11.9 Å². The Morgan fingerprint density at radius 2 is 1.49 bits per heavy atom. The molecule has 1 N–H and O–H groups in total. The molecule has 8 nitrogen and oxygen atoms in total. The summed E-state index contributed by atoms with van der Waals surface area (Å²) in [7, 11) is 0. The molecule has 0 bridgehead atoms. The van der Waals surface area contributed by atoms with Gasteiger partial charge in [0.05, 0.1) is 6.10 Å². The standard InChI is InChI=1S/C37H50O8/c1-2-3-4-5-6-13-24-41-31-21-18-28(19-22-31)20-23-33(39)42-27-32(38)34-35(43-25-29-14-9-7-10-15-29)36(37(40)45-34)44-26-30-16-11-8-12-17-30/h7-12,14-17,28,31-32,34,38H,2-6,13,18-27H2,1H3. The van der Waals surface area contributed by atoms with Crippen LogP contribution in [0.25, 0.3) is 0 Å². The molecule has 4 rings (SSSR count). The Morgan fingerprint density at radius 3 is 2.16 bits per heavy atom. The average molecular weight is 623 g/mol. The van der Waals surface area contributed by atoms with Gasteiger partial charge in [-0.15, -0.1) is 0 Å². The molecule has 0 aromatic heterocycles. The van der Waals surface area contributed by atoms with E-state index in [9.17, 15) is 14.7 Å². The van der Waals surface area contributed by atoms with Gasteiger partial charge < -0.3 is 28.8 Å². The summed E-state index contributed by atoms with van der Waals surface area (Å²) in [5.74, 6) is -0.625. The van der Waals surface area contributed by atoms with Crippen molar-refractivity contribution in [2.45, 2.75) is 115 Å². The summed E-state index contributed by atoms with van der Waals surface area (Å²) < 4.78 is 28.8. The van der Waals surface area contributed by atoms with Crippen LogP contribution in [0.1, 0.15) is 95.1 Å². The summed E-state index contributed by atoms with van der Waals surface area (Å²) in [6, 6.07) is 18.9. The van der Waals surface area contributed by atoms with Crippen LogP contribution >= 0.6 is 0 Å². The number of benzene rings is 2. The van der Waals surface area contributed by atoms with Gasteiger partial charge in [0.1, 0.15) is 25.9 Å². The van der Waals surface area contributed by atoms with Gasteiger partial charge in [-0.25, -0.2) is 4.79 Å². The summed E-state index contributed by atoms with van der Waals surface area (Å²) >= 11 is 0. The molecular weight excluding hydrogens is 572 g/mol. The Labute approximate surface area is 268 Å². The third-order valence-corrected chi connectivity index (χ3v) is 8.53. The fourth-order valence-electron chi connectivity index (χ4n) is 5.83. The van der Waals surface area contributed by atoms with Crippen molar-refractivity contribution in [1.82, 2.24) is 0 Å². The van der Waals surface area contributed by atoms with Gasteiger partial charge in [-0.05, 0) is 55.6 Å². The number of carbonyl (C=O) groups is 2. The molecule has 0 spiro atoms. The first-order valence-electron chi connectivity index (χ1n) is 16.8. The number of esters is 2. The highest BCUT2D eigenvalue weighted by molar-refractivity contribution is 5.89. The lowest BCUT2D eigenvalue weighted by atomic mass is 9.84. The molecule has 2 unspecified atom stereocenters. The van der Waals surface area contributed by atoms with Crippen LogP contribution in [0, 0.1) is 5.92 Å². The largest absolute Gasteiger partial charge is 0.485 e. The zero-order valence-corrected chi connectivity index (χ0v) is 26.7.